The fourth-order valence-corrected chi connectivity index (χ4v) is 2.69. The van der Waals surface area contributed by atoms with E-state index in [9.17, 15) is 4.79 Å². The van der Waals surface area contributed by atoms with Crippen LogP contribution in [0, 0.1) is 0 Å². The Morgan fingerprint density at radius 1 is 1.13 bits per heavy atom. The number of anilines is 1. The highest BCUT2D eigenvalue weighted by molar-refractivity contribution is 6.00. The van der Waals surface area contributed by atoms with Crippen LogP contribution in [0.3, 0.4) is 0 Å². The van der Waals surface area contributed by atoms with Crippen molar-refractivity contribution in [2.75, 3.05) is 5.32 Å². The molecule has 0 unspecified atom stereocenters. The number of hydrogen-bond donors (Lipinski definition) is 1. The molecule has 0 spiro atoms. The highest BCUT2D eigenvalue weighted by Crippen LogP contribution is 2.48. The molecule has 4 rings (SSSR count). The zero-order valence-electron chi connectivity index (χ0n) is 12.4. The summed E-state index contributed by atoms with van der Waals surface area (Å²) in [6, 6.07) is 11.7. The first-order chi connectivity index (χ1) is 11.3. The van der Waals surface area contributed by atoms with E-state index in [4.69, 9.17) is 0 Å². The van der Waals surface area contributed by atoms with E-state index in [0.717, 1.165) is 18.4 Å². The second-order valence-electron chi connectivity index (χ2n) is 5.61. The van der Waals surface area contributed by atoms with Crippen molar-refractivity contribution >= 4 is 11.7 Å². The van der Waals surface area contributed by atoms with Gasteiger partial charge < -0.3 is 5.32 Å². The van der Waals surface area contributed by atoms with Crippen LogP contribution in [0.15, 0.2) is 61.2 Å². The molecule has 0 bridgehead atoms. The number of nitrogens with zero attached hydrogens (tertiary/aromatic N) is 4. The van der Waals surface area contributed by atoms with Crippen LogP contribution < -0.4 is 5.32 Å². The summed E-state index contributed by atoms with van der Waals surface area (Å²) < 4.78 is 1.59. The van der Waals surface area contributed by atoms with Crippen LogP contribution in [0.1, 0.15) is 18.4 Å². The minimum absolute atomic E-state index is 0.00639. The van der Waals surface area contributed by atoms with Crippen molar-refractivity contribution in [1.29, 1.82) is 0 Å². The third-order valence-corrected chi connectivity index (χ3v) is 4.13. The number of carbonyl (C=O) groups excluding carboxylic acids is 1. The van der Waals surface area contributed by atoms with Crippen molar-refractivity contribution in [2.24, 2.45) is 0 Å². The van der Waals surface area contributed by atoms with E-state index in [0.29, 0.717) is 11.6 Å². The van der Waals surface area contributed by atoms with Gasteiger partial charge >= 0.3 is 0 Å². The fourth-order valence-electron chi connectivity index (χ4n) is 2.69. The van der Waals surface area contributed by atoms with Gasteiger partial charge in [-0.1, -0.05) is 30.3 Å². The SMILES string of the molecule is O=C(Nc1ccn(-c2cnccn2)n1)C1(c2ccccc2)CC1. The molecule has 0 saturated heterocycles. The molecular weight excluding hydrogens is 290 g/mol. The van der Waals surface area contributed by atoms with E-state index in [-0.39, 0.29) is 5.91 Å². The van der Waals surface area contributed by atoms with Gasteiger partial charge in [-0.15, -0.1) is 5.10 Å². The van der Waals surface area contributed by atoms with Gasteiger partial charge in [0.15, 0.2) is 11.6 Å². The first kappa shape index (κ1) is 13.6. The summed E-state index contributed by atoms with van der Waals surface area (Å²) in [5, 5.41) is 7.25. The summed E-state index contributed by atoms with van der Waals surface area (Å²) in [5.74, 6) is 1.12. The maximum absolute atomic E-state index is 12.7. The molecule has 6 nitrogen and oxygen atoms in total. The third-order valence-electron chi connectivity index (χ3n) is 4.13. The van der Waals surface area contributed by atoms with Gasteiger partial charge in [-0.2, -0.15) is 0 Å². The molecule has 0 radical (unpaired) electrons. The van der Waals surface area contributed by atoms with Crippen molar-refractivity contribution in [2.45, 2.75) is 18.3 Å². The van der Waals surface area contributed by atoms with E-state index in [2.05, 4.69) is 20.4 Å². The molecular formula is C17H15N5O. The van der Waals surface area contributed by atoms with Crippen LogP contribution >= 0.6 is 0 Å². The summed E-state index contributed by atoms with van der Waals surface area (Å²) in [6.45, 7) is 0. The number of rotatable bonds is 4. The van der Waals surface area contributed by atoms with Crippen molar-refractivity contribution in [1.82, 2.24) is 19.7 Å². The highest BCUT2D eigenvalue weighted by atomic mass is 16.2. The van der Waals surface area contributed by atoms with E-state index in [1.54, 1.807) is 35.5 Å². The zero-order valence-corrected chi connectivity index (χ0v) is 12.4. The van der Waals surface area contributed by atoms with E-state index >= 15 is 0 Å². The molecule has 2 heterocycles. The quantitative estimate of drug-likeness (QED) is 0.803. The second kappa shape index (κ2) is 5.31. The first-order valence-corrected chi connectivity index (χ1v) is 7.47. The Morgan fingerprint density at radius 3 is 2.65 bits per heavy atom. The minimum Gasteiger partial charge on any atom is -0.308 e. The molecule has 0 aliphatic heterocycles. The van der Waals surface area contributed by atoms with Crippen LogP contribution in [0.4, 0.5) is 5.82 Å². The molecule has 1 amide bonds. The van der Waals surface area contributed by atoms with Crippen LogP contribution in [0.5, 0.6) is 0 Å². The van der Waals surface area contributed by atoms with Crippen molar-refractivity contribution in [3.63, 3.8) is 0 Å². The number of carbonyl (C=O) groups is 1. The van der Waals surface area contributed by atoms with Gasteiger partial charge in [0.1, 0.15) is 0 Å². The lowest BCUT2D eigenvalue weighted by molar-refractivity contribution is -0.118. The summed E-state index contributed by atoms with van der Waals surface area (Å²) in [7, 11) is 0. The molecule has 2 aromatic heterocycles. The second-order valence-corrected chi connectivity index (χ2v) is 5.61. The Kier molecular flexibility index (Phi) is 3.15. The van der Waals surface area contributed by atoms with Crippen LogP contribution in [-0.4, -0.2) is 25.7 Å². The first-order valence-electron chi connectivity index (χ1n) is 7.47. The fraction of sp³-hybridized carbons (Fsp3) is 0.176. The number of nitrogens with one attached hydrogen (secondary N) is 1. The van der Waals surface area contributed by atoms with E-state index < -0.39 is 5.41 Å². The number of aromatic nitrogens is 4. The zero-order chi connectivity index (χ0) is 15.7. The lowest BCUT2D eigenvalue weighted by Crippen LogP contribution is -2.28. The Bertz CT molecular complexity index is 824. The maximum atomic E-state index is 12.7. The van der Waals surface area contributed by atoms with Gasteiger partial charge in [-0.25, -0.2) is 9.67 Å². The molecule has 1 aliphatic rings. The Morgan fingerprint density at radius 2 is 1.96 bits per heavy atom. The van der Waals surface area contributed by atoms with Gasteiger partial charge in [0.05, 0.1) is 11.6 Å². The van der Waals surface area contributed by atoms with E-state index in [1.807, 2.05) is 30.3 Å². The molecule has 1 aliphatic carbocycles. The largest absolute Gasteiger partial charge is 0.308 e. The summed E-state index contributed by atoms with van der Waals surface area (Å²) in [4.78, 5) is 20.8. The summed E-state index contributed by atoms with van der Waals surface area (Å²) >= 11 is 0. The third kappa shape index (κ3) is 2.48. The Labute approximate surface area is 133 Å². The Balaban J connectivity index is 1.53. The van der Waals surface area contributed by atoms with E-state index in [1.165, 1.54) is 0 Å². The lowest BCUT2D eigenvalue weighted by atomic mass is 9.95. The predicted molar refractivity (Wildman–Crippen MR) is 85.1 cm³/mol. The van der Waals surface area contributed by atoms with Gasteiger partial charge in [-0.05, 0) is 18.4 Å². The lowest BCUT2D eigenvalue weighted by Gasteiger charge is -2.14. The van der Waals surface area contributed by atoms with Gasteiger partial charge in [0.25, 0.3) is 0 Å². The van der Waals surface area contributed by atoms with Gasteiger partial charge in [0, 0.05) is 24.7 Å². The van der Waals surface area contributed by atoms with Gasteiger partial charge in [0.2, 0.25) is 5.91 Å². The number of benzene rings is 1. The average molecular weight is 305 g/mol. The minimum atomic E-state index is -0.405. The number of amides is 1. The molecule has 1 saturated carbocycles. The van der Waals surface area contributed by atoms with Crippen molar-refractivity contribution < 1.29 is 4.79 Å². The normalized spacial score (nSPS) is 15.1. The molecule has 3 aromatic rings. The predicted octanol–water partition coefficient (Wildman–Crippen LogP) is 2.33. The monoisotopic (exact) mass is 305 g/mol. The van der Waals surface area contributed by atoms with Crippen LogP contribution in [0.25, 0.3) is 5.82 Å². The molecule has 0 atom stereocenters. The molecule has 114 valence electrons. The average Bonchev–Trinajstić information content (AvgIpc) is 3.30. The summed E-state index contributed by atoms with van der Waals surface area (Å²) in [6.07, 6.45) is 8.31. The van der Waals surface area contributed by atoms with Crippen molar-refractivity contribution in [3.8, 4) is 5.82 Å². The molecule has 6 heteroatoms. The number of hydrogen-bond acceptors (Lipinski definition) is 4. The van der Waals surface area contributed by atoms with Crippen molar-refractivity contribution in [3.05, 3.63) is 66.7 Å². The highest BCUT2D eigenvalue weighted by Gasteiger charge is 2.51. The van der Waals surface area contributed by atoms with Crippen LogP contribution in [0.2, 0.25) is 0 Å². The standard InChI is InChI=1S/C17H15N5O/c23-16(17(7-8-17)13-4-2-1-3-5-13)20-14-6-11-22(21-14)15-12-18-9-10-19-15/h1-6,9-12H,7-8H2,(H,20,21,23). The van der Waals surface area contributed by atoms with Crippen LogP contribution in [-0.2, 0) is 10.2 Å². The molecule has 1 N–H and O–H groups in total. The topological polar surface area (TPSA) is 72.7 Å². The molecule has 1 aromatic carbocycles. The maximum Gasteiger partial charge on any atom is 0.236 e. The summed E-state index contributed by atoms with van der Waals surface area (Å²) in [5.41, 5.74) is 0.656. The molecule has 23 heavy (non-hydrogen) atoms. The molecule has 1 fully saturated rings. The Hall–Kier alpha value is -3.02. The smallest absolute Gasteiger partial charge is 0.236 e. The van der Waals surface area contributed by atoms with Gasteiger partial charge in [-0.3, -0.25) is 9.78 Å².